The Balaban J connectivity index is 1.85. The van der Waals surface area contributed by atoms with Crippen molar-refractivity contribution in [3.05, 3.63) is 29.3 Å². The van der Waals surface area contributed by atoms with Crippen molar-refractivity contribution in [2.45, 2.75) is 39.1 Å². The topological polar surface area (TPSA) is 39.7 Å². The summed E-state index contributed by atoms with van der Waals surface area (Å²) in [4.78, 5) is 0. The van der Waals surface area contributed by atoms with E-state index in [1.165, 1.54) is 5.56 Å². The Morgan fingerprint density at radius 2 is 2.20 bits per heavy atom. The predicted octanol–water partition coefficient (Wildman–Crippen LogP) is 2.29. The summed E-state index contributed by atoms with van der Waals surface area (Å²) in [6.45, 7) is 9.12. The van der Waals surface area contributed by atoms with E-state index in [1.807, 2.05) is 12.1 Å². The van der Waals surface area contributed by atoms with E-state index < -0.39 is 0 Å². The highest BCUT2D eigenvalue weighted by Gasteiger charge is 2.28. The molecular weight excluding hydrogens is 254 g/mol. The fraction of sp³-hybridized carbons (Fsp3) is 0.625. The van der Waals surface area contributed by atoms with Crippen molar-refractivity contribution >= 4 is 0 Å². The zero-order chi connectivity index (χ0) is 14.6. The lowest BCUT2D eigenvalue weighted by Crippen LogP contribution is -2.51. The van der Waals surface area contributed by atoms with Crippen LogP contribution in [0, 0.1) is 6.92 Å². The molecular formula is C16H25NO3. The third-order valence-corrected chi connectivity index (χ3v) is 3.41. The van der Waals surface area contributed by atoms with Gasteiger partial charge in [-0.25, -0.2) is 0 Å². The van der Waals surface area contributed by atoms with Crippen LogP contribution in [0.4, 0.5) is 0 Å². The van der Waals surface area contributed by atoms with Gasteiger partial charge in [0.25, 0.3) is 0 Å². The summed E-state index contributed by atoms with van der Waals surface area (Å²) in [5.41, 5.74) is 2.17. The first-order valence-electron chi connectivity index (χ1n) is 7.10. The number of methoxy groups -OCH3 is 1. The molecule has 0 aromatic heterocycles. The van der Waals surface area contributed by atoms with Crippen molar-refractivity contribution in [2.75, 3.05) is 26.8 Å². The molecule has 1 aliphatic heterocycles. The fourth-order valence-electron chi connectivity index (χ4n) is 2.48. The first kappa shape index (κ1) is 15.3. The van der Waals surface area contributed by atoms with E-state index in [2.05, 4.69) is 32.2 Å². The van der Waals surface area contributed by atoms with Crippen molar-refractivity contribution in [3.8, 4) is 5.75 Å². The highest BCUT2D eigenvalue weighted by molar-refractivity contribution is 5.36. The molecule has 112 valence electrons. The number of hydrogen-bond acceptors (Lipinski definition) is 4. The molecule has 20 heavy (non-hydrogen) atoms. The minimum absolute atomic E-state index is 0.106. The van der Waals surface area contributed by atoms with Gasteiger partial charge in [0.15, 0.2) is 0 Å². The molecule has 1 aromatic rings. The Morgan fingerprint density at radius 1 is 1.40 bits per heavy atom. The SMILES string of the molecule is COc1ccc(C)cc1COCC1CNCC(C)(C)O1. The van der Waals surface area contributed by atoms with E-state index in [0.29, 0.717) is 13.2 Å². The molecule has 0 radical (unpaired) electrons. The summed E-state index contributed by atoms with van der Waals surface area (Å²) in [6, 6.07) is 6.12. The van der Waals surface area contributed by atoms with Crippen LogP contribution >= 0.6 is 0 Å². The van der Waals surface area contributed by atoms with Crippen molar-refractivity contribution < 1.29 is 14.2 Å². The summed E-state index contributed by atoms with van der Waals surface area (Å²) >= 11 is 0. The van der Waals surface area contributed by atoms with Crippen LogP contribution in [0.2, 0.25) is 0 Å². The Bertz CT molecular complexity index is 445. The van der Waals surface area contributed by atoms with Crippen LogP contribution in [0.25, 0.3) is 0 Å². The Kier molecular flexibility index (Phi) is 5.02. The molecule has 2 rings (SSSR count). The van der Waals surface area contributed by atoms with E-state index in [1.54, 1.807) is 7.11 Å². The lowest BCUT2D eigenvalue weighted by Gasteiger charge is -2.36. The standard InChI is InChI=1S/C16H25NO3/c1-12-5-6-15(18-4)13(7-12)9-19-10-14-8-17-11-16(2,3)20-14/h5-7,14,17H,8-11H2,1-4H3. The van der Waals surface area contributed by atoms with E-state index in [0.717, 1.165) is 24.4 Å². The third-order valence-electron chi connectivity index (χ3n) is 3.41. The molecule has 4 nitrogen and oxygen atoms in total. The maximum Gasteiger partial charge on any atom is 0.124 e. The number of ether oxygens (including phenoxy) is 3. The zero-order valence-electron chi connectivity index (χ0n) is 12.9. The molecule has 1 unspecified atom stereocenters. The van der Waals surface area contributed by atoms with Crippen LogP contribution in [0.5, 0.6) is 5.75 Å². The normalized spacial score (nSPS) is 21.7. The molecule has 0 aliphatic carbocycles. The second-order valence-corrected chi connectivity index (χ2v) is 5.96. The molecule has 4 heteroatoms. The highest BCUT2D eigenvalue weighted by atomic mass is 16.5. The smallest absolute Gasteiger partial charge is 0.124 e. The number of rotatable bonds is 5. The van der Waals surface area contributed by atoms with Gasteiger partial charge in [-0.2, -0.15) is 0 Å². The van der Waals surface area contributed by atoms with Gasteiger partial charge < -0.3 is 19.5 Å². The van der Waals surface area contributed by atoms with E-state index in [4.69, 9.17) is 14.2 Å². The first-order valence-corrected chi connectivity index (χ1v) is 7.10. The second-order valence-electron chi connectivity index (χ2n) is 5.96. The number of aryl methyl sites for hydroxylation is 1. The van der Waals surface area contributed by atoms with Gasteiger partial charge in [-0.3, -0.25) is 0 Å². The van der Waals surface area contributed by atoms with Crippen molar-refractivity contribution in [3.63, 3.8) is 0 Å². The summed E-state index contributed by atoms with van der Waals surface area (Å²) in [5.74, 6) is 0.874. The number of morpholine rings is 1. The molecule has 1 fully saturated rings. The van der Waals surface area contributed by atoms with Gasteiger partial charge in [0.05, 0.1) is 32.0 Å². The minimum atomic E-state index is -0.118. The van der Waals surface area contributed by atoms with Gasteiger partial charge in [-0.15, -0.1) is 0 Å². The average Bonchev–Trinajstić information content (AvgIpc) is 2.38. The Labute approximate surface area is 121 Å². The summed E-state index contributed by atoms with van der Waals surface area (Å²) in [5, 5.41) is 3.38. The summed E-state index contributed by atoms with van der Waals surface area (Å²) < 4.78 is 17.1. The van der Waals surface area contributed by atoms with Gasteiger partial charge >= 0.3 is 0 Å². The summed E-state index contributed by atoms with van der Waals surface area (Å²) in [6.07, 6.45) is 0.106. The Morgan fingerprint density at radius 3 is 2.90 bits per heavy atom. The quantitative estimate of drug-likeness (QED) is 0.897. The van der Waals surface area contributed by atoms with Gasteiger partial charge in [-0.1, -0.05) is 17.7 Å². The molecule has 0 spiro atoms. The average molecular weight is 279 g/mol. The van der Waals surface area contributed by atoms with Gasteiger partial charge in [-0.05, 0) is 26.8 Å². The van der Waals surface area contributed by atoms with Crippen molar-refractivity contribution in [2.24, 2.45) is 0 Å². The van der Waals surface area contributed by atoms with Crippen molar-refractivity contribution in [1.82, 2.24) is 5.32 Å². The van der Waals surface area contributed by atoms with E-state index >= 15 is 0 Å². The fourth-order valence-corrected chi connectivity index (χ4v) is 2.48. The van der Waals surface area contributed by atoms with Crippen LogP contribution < -0.4 is 10.1 Å². The molecule has 0 amide bonds. The Hall–Kier alpha value is -1.10. The molecule has 1 saturated heterocycles. The van der Waals surface area contributed by atoms with Gasteiger partial charge in [0.2, 0.25) is 0 Å². The molecule has 1 atom stereocenters. The van der Waals surface area contributed by atoms with Crippen LogP contribution in [0.1, 0.15) is 25.0 Å². The largest absolute Gasteiger partial charge is 0.496 e. The van der Waals surface area contributed by atoms with Crippen LogP contribution in [0.3, 0.4) is 0 Å². The van der Waals surface area contributed by atoms with Crippen LogP contribution in [0.15, 0.2) is 18.2 Å². The van der Waals surface area contributed by atoms with Crippen molar-refractivity contribution in [1.29, 1.82) is 0 Å². The number of benzene rings is 1. The lowest BCUT2D eigenvalue weighted by molar-refractivity contribution is -0.122. The third kappa shape index (κ3) is 4.20. The maximum absolute atomic E-state index is 5.97. The molecule has 1 aromatic carbocycles. The molecule has 1 N–H and O–H groups in total. The van der Waals surface area contributed by atoms with Crippen LogP contribution in [-0.2, 0) is 16.1 Å². The number of hydrogen-bond donors (Lipinski definition) is 1. The zero-order valence-corrected chi connectivity index (χ0v) is 12.9. The molecule has 1 heterocycles. The minimum Gasteiger partial charge on any atom is -0.496 e. The molecule has 0 saturated carbocycles. The monoisotopic (exact) mass is 279 g/mol. The molecule has 1 aliphatic rings. The van der Waals surface area contributed by atoms with E-state index in [9.17, 15) is 0 Å². The highest BCUT2D eigenvalue weighted by Crippen LogP contribution is 2.21. The second kappa shape index (κ2) is 6.57. The van der Waals surface area contributed by atoms with Gasteiger partial charge in [0.1, 0.15) is 5.75 Å². The maximum atomic E-state index is 5.97. The molecule has 0 bridgehead atoms. The van der Waals surface area contributed by atoms with Crippen LogP contribution in [-0.4, -0.2) is 38.5 Å². The lowest BCUT2D eigenvalue weighted by atomic mass is 10.1. The summed E-state index contributed by atoms with van der Waals surface area (Å²) in [7, 11) is 1.69. The van der Waals surface area contributed by atoms with Gasteiger partial charge in [0, 0.05) is 18.7 Å². The predicted molar refractivity (Wildman–Crippen MR) is 79.2 cm³/mol. The van der Waals surface area contributed by atoms with E-state index in [-0.39, 0.29) is 11.7 Å². The first-order chi connectivity index (χ1) is 9.50. The number of nitrogens with one attached hydrogen (secondary N) is 1.